The van der Waals surface area contributed by atoms with E-state index in [0.717, 1.165) is 12.4 Å². The third-order valence-electron chi connectivity index (χ3n) is 4.52. The number of tetrazole rings is 1. The van der Waals surface area contributed by atoms with Crippen LogP contribution in [0.2, 0.25) is 0 Å². The van der Waals surface area contributed by atoms with E-state index in [1.807, 2.05) is 0 Å². The first-order chi connectivity index (χ1) is 9.43. The van der Waals surface area contributed by atoms with Gasteiger partial charge in [0.15, 0.2) is 5.82 Å². The van der Waals surface area contributed by atoms with Crippen molar-refractivity contribution >= 4 is 0 Å². The van der Waals surface area contributed by atoms with Gasteiger partial charge in [-0.05, 0) is 58.8 Å². The molecule has 3 heterocycles. The Bertz CT molecular complexity index is 462. The third kappa shape index (κ3) is 2.72. The first-order valence-electron chi connectivity index (χ1n) is 7.67. The van der Waals surface area contributed by atoms with E-state index in [2.05, 4.69) is 53.0 Å². The number of hydrogen-bond donors (Lipinski definition) is 0. The zero-order chi connectivity index (χ0) is 14.3. The van der Waals surface area contributed by atoms with Crippen molar-refractivity contribution in [2.75, 3.05) is 20.1 Å². The summed E-state index contributed by atoms with van der Waals surface area (Å²) in [6.07, 6.45) is 3.90. The van der Waals surface area contributed by atoms with Crippen LogP contribution in [-0.4, -0.2) is 62.2 Å². The van der Waals surface area contributed by atoms with Gasteiger partial charge in [0.1, 0.15) is 0 Å². The molecule has 6 nitrogen and oxygen atoms in total. The maximum absolute atomic E-state index is 4.56. The molecule has 6 heteroatoms. The van der Waals surface area contributed by atoms with E-state index in [4.69, 9.17) is 0 Å². The topological polar surface area (TPSA) is 50.1 Å². The van der Waals surface area contributed by atoms with Crippen LogP contribution >= 0.6 is 0 Å². The van der Waals surface area contributed by atoms with Gasteiger partial charge in [-0.1, -0.05) is 0 Å². The Balaban J connectivity index is 1.72. The zero-order valence-corrected chi connectivity index (χ0v) is 13.1. The molecular formula is C14H26N6. The highest BCUT2D eigenvalue weighted by atomic mass is 15.6. The standard InChI is InChI=1S/C14H26N6/c1-14(2,3)20-16-13(15-17-20)10-19-11-5-6-12(19)9-18(4)8-7-11/h11-12H,5-10H2,1-4H3/t11-,12+/m0/s1. The van der Waals surface area contributed by atoms with Crippen molar-refractivity contribution in [3.63, 3.8) is 0 Å². The Morgan fingerprint density at radius 2 is 1.90 bits per heavy atom. The SMILES string of the molecule is CN1CC[C@@H]2CC[C@H](C1)N2Cc1nnn(C(C)(C)C)n1. The Labute approximate surface area is 121 Å². The molecule has 2 atom stereocenters. The molecule has 2 aliphatic heterocycles. The molecule has 0 saturated carbocycles. The van der Waals surface area contributed by atoms with Crippen molar-refractivity contribution in [2.45, 2.75) is 64.2 Å². The molecule has 1 aromatic heterocycles. The lowest BCUT2D eigenvalue weighted by Gasteiger charge is -2.26. The minimum atomic E-state index is -0.0940. The predicted octanol–water partition coefficient (Wildman–Crippen LogP) is 1.10. The number of nitrogens with zero attached hydrogens (tertiary/aromatic N) is 6. The number of aromatic nitrogens is 4. The zero-order valence-electron chi connectivity index (χ0n) is 13.1. The number of fused-ring (bicyclic) bond motifs is 2. The van der Waals surface area contributed by atoms with Crippen LogP contribution in [0.4, 0.5) is 0 Å². The van der Waals surface area contributed by atoms with Crippen molar-refractivity contribution in [3.05, 3.63) is 5.82 Å². The molecule has 0 aliphatic carbocycles. The molecule has 2 saturated heterocycles. The lowest BCUT2D eigenvalue weighted by atomic mass is 10.1. The molecule has 0 unspecified atom stereocenters. The smallest absolute Gasteiger partial charge is 0.188 e. The van der Waals surface area contributed by atoms with Crippen LogP contribution < -0.4 is 0 Å². The minimum Gasteiger partial charge on any atom is -0.305 e. The second-order valence-corrected chi connectivity index (χ2v) is 7.27. The second kappa shape index (κ2) is 5.07. The van der Waals surface area contributed by atoms with Crippen LogP contribution in [0.5, 0.6) is 0 Å². The van der Waals surface area contributed by atoms with Crippen LogP contribution in [-0.2, 0) is 12.1 Å². The summed E-state index contributed by atoms with van der Waals surface area (Å²) in [4.78, 5) is 6.79. The van der Waals surface area contributed by atoms with Crippen molar-refractivity contribution in [1.29, 1.82) is 0 Å². The molecule has 2 bridgehead atoms. The van der Waals surface area contributed by atoms with Gasteiger partial charge in [0.25, 0.3) is 0 Å². The lowest BCUT2D eigenvalue weighted by molar-refractivity contribution is 0.178. The molecule has 20 heavy (non-hydrogen) atoms. The molecular weight excluding hydrogens is 252 g/mol. The molecule has 2 fully saturated rings. The first kappa shape index (κ1) is 13.9. The van der Waals surface area contributed by atoms with E-state index in [1.54, 1.807) is 4.80 Å². The normalized spacial score (nSPS) is 28.8. The first-order valence-corrected chi connectivity index (χ1v) is 7.67. The molecule has 2 aliphatic rings. The van der Waals surface area contributed by atoms with Gasteiger partial charge in [0.05, 0.1) is 12.1 Å². The van der Waals surface area contributed by atoms with E-state index >= 15 is 0 Å². The quantitative estimate of drug-likeness (QED) is 0.811. The van der Waals surface area contributed by atoms with Crippen molar-refractivity contribution < 1.29 is 0 Å². The highest BCUT2D eigenvalue weighted by molar-refractivity contribution is 4.94. The Hall–Kier alpha value is -1.01. The molecule has 0 N–H and O–H groups in total. The van der Waals surface area contributed by atoms with E-state index in [9.17, 15) is 0 Å². The van der Waals surface area contributed by atoms with E-state index < -0.39 is 0 Å². The summed E-state index contributed by atoms with van der Waals surface area (Å²) in [5, 5.41) is 13.0. The van der Waals surface area contributed by atoms with Crippen molar-refractivity contribution in [3.8, 4) is 0 Å². The van der Waals surface area contributed by atoms with E-state index in [1.165, 1.54) is 32.4 Å². The fourth-order valence-electron chi connectivity index (χ4n) is 3.35. The summed E-state index contributed by atoms with van der Waals surface area (Å²) in [5.74, 6) is 0.862. The van der Waals surface area contributed by atoms with Gasteiger partial charge >= 0.3 is 0 Å². The van der Waals surface area contributed by atoms with Crippen molar-refractivity contribution in [2.24, 2.45) is 0 Å². The lowest BCUT2D eigenvalue weighted by Crippen LogP contribution is -2.38. The fraction of sp³-hybridized carbons (Fsp3) is 0.929. The summed E-state index contributed by atoms with van der Waals surface area (Å²) in [5.41, 5.74) is -0.0940. The summed E-state index contributed by atoms with van der Waals surface area (Å²) >= 11 is 0. The minimum absolute atomic E-state index is 0.0940. The molecule has 0 amide bonds. The number of likely N-dealkylation sites (tertiary alicyclic amines) is 1. The van der Waals surface area contributed by atoms with Crippen molar-refractivity contribution in [1.82, 2.24) is 30.0 Å². The van der Waals surface area contributed by atoms with Gasteiger partial charge in [-0.2, -0.15) is 4.80 Å². The Kier molecular flexibility index (Phi) is 3.54. The average molecular weight is 278 g/mol. The molecule has 1 aromatic rings. The largest absolute Gasteiger partial charge is 0.305 e. The van der Waals surface area contributed by atoms with Crippen LogP contribution in [0.3, 0.4) is 0 Å². The predicted molar refractivity (Wildman–Crippen MR) is 77.3 cm³/mol. The maximum atomic E-state index is 4.56. The summed E-state index contributed by atoms with van der Waals surface area (Å²) in [7, 11) is 2.23. The highest BCUT2D eigenvalue weighted by Gasteiger charge is 2.37. The summed E-state index contributed by atoms with van der Waals surface area (Å²) < 4.78 is 0. The number of likely N-dealkylation sites (N-methyl/N-ethyl adjacent to an activating group) is 1. The molecule has 0 aromatic carbocycles. The maximum Gasteiger partial charge on any atom is 0.188 e. The Morgan fingerprint density at radius 1 is 1.15 bits per heavy atom. The van der Waals surface area contributed by atoms with E-state index in [-0.39, 0.29) is 5.54 Å². The van der Waals surface area contributed by atoms with Crippen LogP contribution in [0, 0.1) is 0 Å². The fourth-order valence-corrected chi connectivity index (χ4v) is 3.35. The van der Waals surface area contributed by atoms with Gasteiger partial charge in [-0.15, -0.1) is 10.2 Å². The van der Waals surface area contributed by atoms with Gasteiger partial charge < -0.3 is 4.90 Å². The van der Waals surface area contributed by atoms with Crippen LogP contribution in [0.15, 0.2) is 0 Å². The summed E-state index contributed by atoms with van der Waals surface area (Å²) in [6, 6.07) is 1.36. The van der Waals surface area contributed by atoms with E-state index in [0.29, 0.717) is 12.1 Å². The summed E-state index contributed by atoms with van der Waals surface area (Å²) in [6.45, 7) is 9.53. The van der Waals surface area contributed by atoms with Gasteiger partial charge in [0.2, 0.25) is 0 Å². The second-order valence-electron chi connectivity index (χ2n) is 7.27. The van der Waals surface area contributed by atoms with Gasteiger partial charge in [0, 0.05) is 18.6 Å². The third-order valence-corrected chi connectivity index (χ3v) is 4.52. The highest BCUT2D eigenvalue weighted by Crippen LogP contribution is 2.30. The average Bonchev–Trinajstić information content (AvgIpc) is 2.90. The monoisotopic (exact) mass is 278 g/mol. The molecule has 3 rings (SSSR count). The number of hydrogen-bond acceptors (Lipinski definition) is 5. The number of rotatable bonds is 2. The molecule has 0 radical (unpaired) electrons. The molecule has 112 valence electrons. The van der Waals surface area contributed by atoms with Gasteiger partial charge in [-0.25, -0.2) is 0 Å². The van der Waals surface area contributed by atoms with Crippen LogP contribution in [0.1, 0.15) is 45.9 Å². The van der Waals surface area contributed by atoms with Crippen LogP contribution in [0.25, 0.3) is 0 Å². The Morgan fingerprint density at radius 3 is 2.60 bits per heavy atom. The molecule has 0 spiro atoms. The van der Waals surface area contributed by atoms with Gasteiger partial charge in [-0.3, -0.25) is 4.90 Å².